The van der Waals surface area contributed by atoms with E-state index in [0.717, 1.165) is 0 Å². The fourth-order valence-corrected chi connectivity index (χ4v) is 0.199. The van der Waals surface area contributed by atoms with Gasteiger partial charge in [-0.05, 0) is 0 Å². The molecule has 0 unspecified atom stereocenters. The summed E-state index contributed by atoms with van der Waals surface area (Å²) in [5.41, 5.74) is 6.80. The van der Waals surface area contributed by atoms with Crippen LogP contribution in [0.5, 0.6) is 0 Å². The highest BCUT2D eigenvalue weighted by atomic mass is 16.5. The van der Waals surface area contributed by atoms with Gasteiger partial charge in [0.1, 0.15) is 0 Å². The number of ether oxygens (including phenoxy) is 1. The van der Waals surface area contributed by atoms with Crippen LogP contribution in [-0.2, 0) is 4.74 Å². The first kappa shape index (κ1) is 6.30. The molecule has 1 N–H and O–H groups in total. The number of rotatable bonds is 3. The number of nitrogens with zero attached hydrogens (tertiary/aromatic N) is 1. The maximum atomic E-state index is 6.36. The van der Waals surface area contributed by atoms with Crippen LogP contribution in [0.25, 0.3) is 0 Å². The predicted octanol–water partition coefficient (Wildman–Crippen LogP) is 1.18. The standard InChI is InChI=1S/C4H8N2O/c1-4(6-5)3-7-2/h5H,1,3H2,2H3. The second-order valence-corrected chi connectivity index (χ2v) is 1.11. The van der Waals surface area contributed by atoms with Gasteiger partial charge in [0.15, 0.2) is 0 Å². The Morgan fingerprint density at radius 3 is 2.71 bits per heavy atom. The lowest BCUT2D eigenvalue weighted by Crippen LogP contribution is -1.86. The second-order valence-electron chi connectivity index (χ2n) is 1.11. The van der Waals surface area contributed by atoms with Crippen LogP contribution in [0.3, 0.4) is 0 Å². The molecule has 0 aromatic carbocycles. The van der Waals surface area contributed by atoms with Crippen LogP contribution in [0.4, 0.5) is 0 Å². The van der Waals surface area contributed by atoms with Crippen LogP contribution in [0.15, 0.2) is 17.4 Å². The molecule has 0 saturated heterocycles. The lowest BCUT2D eigenvalue weighted by atomic mass is 10.6. The van der Waals surface area contributed by atoms with E-state index in [1.54, 1.807) is 0 Å². The van der Waals surface area contributed by atoms with Crippen molar-refractivity contribution in [2.24, 2.45) is 5.11 Å². The Morgan fingerprint density at radius 1 is 2.00 bits per heavy atom. The minimum Gasteiger partial charge on any atom is -0.378 e. The van der Waals surface area contributed by atoms with E-state index in [1.807, 2.05) is 0 Å². The molecule has 0 aliphatic carbocycles. The van der Waals surface area contributed by atoms with Crippen LogP contribution < -0.4 is 0 Å². The summed E-state index contributed by atoms with van der Waals surface area (Å²) in [5.74, 6) is 0. The zero-order valence-electron chi connectivity index (χ0n) is 4.27. The molecule has 0 aromatic rings. The van der Waals surface area contributed by atoms with E-state index in [2.05, 4.69) is 16.4 Å². The third-order valence-electron chi connectivity index (χ3n) is 0.469. The predicted molar refractivity (Wildman–Crippen MR) is 26.2 cm³/mol. The summed E-state index contributed by atoms with van der Waals surface area (Å²) >= 11 is 0. The fourth-order valence-electron chi connectivity index (χ4n) is 0.199. The average Bonchev–Trinajstić information content (AvgIpc) is 1.68. The zero-order valence-corrected chi connectivity index (χ0v) is 4.27. The van der Waals surface area contributed by atoms with Gasteiger partial charge in [0, 0.05) is 7.11 Å². The third kappa shape index (κ3) is 3.12. The monoisotopic (exact) mass is 100 g/mol. The topological polar surface area (TPSA) is 45.4 Å². The molecule has 0 heterocycles. The Labute approximate surface area is 42.5 Å². The van der Waals surface area contributed by atoms with Crippen molar-refractivity contribution < 1.29 is 4.74 Å². The molecule has 0 aromatic heterocycles. The van der Waals surface area contributed by atoms with Gasteiger partial charge in [-0.3, -0.25) is 0 Å². The summed E-state index contributed by atoms with van der Waals surface area (Å²) < 4.78 is 4.58. The summed E-state index contributed by atoms with van der Waals surface area (Å²) in [6.45, 7) is 3.73. The van der Waals surface area contributed by atoms with Crippen LogP contribution in [0, 0.1) is 5.53 Å². The van der Waals surface area contributed by atoms with Gasteiger partial charge in [0.25, 0.3) is 0 Å². The van der Waals surface area contributed by atoms with Crippen molar-refractivity contribution in [3.8, 4) is 0 Å². The smallest absolute Gasteiger partial charge is 0.0896 e. The molecule has 3 heteroatoms. The van der Waals surface area contributed by atoms with E-state index in [-0.39, 0.29) is 0 Å². The Balaban J connectivity index is 3.17. The minimum atomic E-state index is 0.351. The lowest BCUT2D eigenvalue weighted by Gasteiger charge is -1.90. The molecule has 0 atom stereocenters. The Kier molecular flexibility index (Phi) is 3.14. The van der Waals surface area contributed by atoms with Gasteiger partial charge in [0.2, 0.25) is 0 Å². The maximum Gasteiger partial charge on any atom is 0.0896 e. The molecular weight excluding hydrogens is 92.1 g/mol. The molecule has 0 fully saturated rings. The van der Waals surface area contributed by atoms with Crippen molar-refractivity contribution in [3.63, 3.8) is 0 Å². The van der Waals surface area contributed by atoms with Crippen molar-refractivity contribution in [1.29, 1.82) is 5.53 Å². The van der Waals surface area contributed by atoms with E-state index in [0.29, 0.717) is 12.3 Å². The number of nitrogens with one attached hydrogen (secondary N) is 1. The SMILES string of the molecule is C=C(COC)N=N. The third-order valence-corrected chi connectivity index (χ3v) is 0.469. The number of hydrogen-bond donors (Lipinski definition) is 1. The Bertz CT molecular complexity index is 79.8. The van der Waals surface area contributed by atoms with Crippen LogP contribution in [0.1, 0.15) is 0 Å². The molecule has 0 amide bonds. The molecule has 7 heavy (non-hydrogen) atoms. The zero-order chi connectivity index (χ0) is 5.70. The first-order valence-corrected chi connectivity index (χ1v) is 1.85. The quantitative estimate of drug-likeness (QED) is 0.532. The van der Waals surface area contributed by atoms with Gasteiger partial charge in [0.05, 0.1) is 12.3 Å². The molecule has 0 saturated carbocycles. The van der Waals surface area contributed by atoms with Gasteiger partial charge < -0.3 is 4.74 Å². The van der Waals surface area contributed by atoms with Crippen molar-refractivity contribution in [3.05, 3.63) is 12.3 Å². The molecule has 40 valence electrons. The van der Waals surface area contributed by atoms with Gasteiger partial charge in [-0.25, -0.2) is 5.53 Å². The number of hydrogen-bond acceptors (Lipinski definition) is 3. The summed E-state index contributed by atoms with van der Waals surface area (Å²) in [6, 6.07) is 0. The molecule has 0 spiro atoms. The summed E-state index contributed by atoms with van der Waals surface area (Å²) in [4.78, 5) is 0. The normalized spacial score (nSPS) is 8.14. The molecule has 0 rings (SSSR count). The summed E-state index contributed by atoms with van der Waals surface area (Å²) in [6.07, 6.45) is 0. The van der Waals surface area contributed by atoms with Crippen LogP contribution in [-0.4, -0.2) is 13.7 Å². The molecule has 0 bridgehead atoms. The van der Waals surface area contributed by atoms with Gasteiger partial charge in [-0.1, -0.05) is 6.58 Å². The largest absolute Gasteiger partial charge is 0.378 e. The molecule has 0 radical (unpaired) electrons. The van der Waals surface area contributed by atoms with Crippen LogP contribution >= 0.6 is 0 Å². The second kappa shape index (κ2) is 3.49. The van der Waals surface area contributed by atoms with Crippen molar-refractivity contribution in [1.82, 2.24) is 0 Å². The summed E-state index contributed by atoms with van der Waals surface area (Å²) in [7, 11) is 1.54. The van der Waals surface area contributed by atoms with Gasteiger partial charge >= 0.3 is 0 Å². The van der Waals surface area contributed by atoms with Gasteiger partial charge in [-0.2, -0.15) is 5.11 Å². The highest BCUT2D eigenvalue weighted by molar-refractivity contribution is 4.87. The van der Waals surface area contributed by atoms with Gasteiger partial charge in [-0.15, -0.1) is 0 Å². The average molecular weight is 100 g/mol. The van der Waals surface area contributed by atoms with Crippen molar-refractivity contribution in [2.75, 3.05) is 13.7 Å². The van der Waals surface area contributed by atoms with Crippen molar-refractivity contribution in [2.45, 2.75) is 0 Å². The first-order valence-electron chi connectivity index (χ1n) is 1.85. The van der Waals surface area contributed by atoms with Crippen molar-refractivity contribution >= 4 is 0 Å². The minimum absolute atomic E-state index is 0.351. The molecule has 0 aliphatic rings. The highest BCUT2D eigenvalue weighted by Crippen LogP contribution is 1.88. The maximum absolute atomic E-state index is 6.36. The number of methoxy groups -OCH3 is 1. The summed E-state index contributed by atoms with van der Waals surface area (Å²) in [5, 5.41) is 3.01. The Hall–Kier alpha value is -0.700. The van der Waals surface area contributed by atoms with E-state index < -0.39 is 0 Å². The van der Waals surface area contributed by atoms with E-state index in [4.69, 9.17) is 5.53 Å². The molecule has 0 aliphatic heterocycles. The van der Waals surface area contributed by atoms with E-state index in [1.165, 1.54) is 7.11 Å². The molecular formula is C4H8N2O. The molecule has 3 nitrogen and oxygen atoms in total. The first-order chi connectivity index (χ1) is 3.31. The highest BCUT2D eigenvalue weighted by Gasteiger charge is 1.82. The van der Waals surface area contributed by atoms with Crippen LogP contribution in [0.2, 0.25) is 0 Å². The lowest BCUT2D eigenvalue weighted by molar-refractivity contribution is 0.224. The Morgan fingerprint density at radius 2 is 2.57 bits per heavy atom. The van der Waals surface area contributed by atoms with E-state index in [9.17, 15) is 0 Å². The fraction of sp³-hybridized carbons (Fsp3) is 0.500. The van der Waals surface area contributed by atoms with E-state index >= 15 is 0 Å².